The molecule has 0 atom stereocenters. The molecule has 1 aliphatic heterocycles. The van der Waals surface area contributed by atoms with Crippen LogP contribution < -0.4 is 10.2 Å². The summed E-state index contributed by atoms with van der Waals surface area (Å²) in [6.45, 7) is 1.52. The average Bonchev–Trinajstić information content (AvgIpc) is 3.56. The maximum atomic E-state index is 12.7. The zero-order valence-corrected chi connectivity index (χ0v) is 16.8. The number of rotatable bonds is 5. The summed E-state index contributed by atoms with van der Waals surface area (Å²) in [5.41, 5.74) is 0.729. The summed E-state index contributed by atoms with van der Waals surface area (Å²) in [7, 11) is 0. The normalized spacial score (nSPS) is 14.7. The van der Waals surface area contributed by atoms with E-state index in [0.717, 1.165) is 43.3 Å². The number of imidazole rings is 1. The molecule has 5 heterocycles. The number of thiazole rings is 1. The molecule has 4 aromatic rings. The van der Waals surface area contributed by atoms with Crippen LogP contribution in [0.25, 0.3) is 17.3 Å². The second-order valence-corrected chi connectivity index (χ2v) is 7.83. The molecular weight excluding hydrogens is 402 g/mol. The lowest BCUT2D eigenvalue weighted by Gasteiger charge is -2.32. The van der Waals surface area contributed by atoms with Crippen LogP contribution in [0.3, 0.4) is 0 Å². The van der Waals surface area contributed by atoms with E-state index < -0.39 is 0 Å². The van der Waals surface area contributed by atoms with Crippen molar-refractivity contribution in [2.75, 3.05) is 23.3 Å². The molecule has 5 rings (SSSR count). The van der Waals surface area contributed by atoms with E-state index in [0.29, 0.717) is 10.9 Å². The van der Waals surface area contributed by atoms with Crippen molar-refractivity contribution in [1.29, 1.82) is 0 Å². The third kappa shape index (κ3) is 3.81. The summed E-state index contributed by atoms with van der Waals surface area (Å²) in [6, 6.07) is 5.60. The first kappa shape index (κ1) is 18.5. The molecule has 9 nitrogen and oxygen atoms in total. The number of hydrogen-bond donors (Lipinski definition) is 1. The van der Waals surface area contributed by atoms with E-state index in [-0.39, 0.29) is 11.8 Å². The summed E-state index contributed by atoms with van der Waals surface area (Å²) < 4.78 is 7.19. The van der Waals surface area contributed by atoms with Gasteiger partial charge < -0.3 is 14.6 Å². The van der Waals surface area contributed by atoms with Gasteiger partial charge in [0.25, 0.3) is 0 Å². The van der Waals surface area contributed by atoms with E-state index in [1.807, 2.05) is 34.3 Å². The van der Waals surface area contributed by atoms with Crippen LogP contribution in [-0.4, -0.2) is 43.5 Å². The van der Waals surface area contributed by atoms with Gasteiger partial charge in [0.05, 0.1) is 6.26 Å². The van der Waals surface area contributed by atoms with Crippen molar-refractivity contribution in [3.8, 4) is 17.3 Å². The van der Waals surface area contributed by atoms with Crippen molar-refractivity contribution in [2.45, 2.75) is 12.8 Å². The van der Waals surface area contributed by atoms with Gasteiger partial charge in [-0.05, 0) is 25.0 Å². The average molecular weight is 421 g/mol. The van der Waals surface area contributed by atoms with Crippen LogP contribution in [-0.2, 0) is 4.79 Å². The monoisotopic (exact) mass is 421 g/mol. The van der Waals surface area contributed by atoms with Gasteiger partial charge in [-0.1, -0.05) is 0 Å². The van der Waals surface area contributed by atoms with Crippen molar-refractivity contribution >= 4 is 28.2 Å². The standard InChI is InChI=1S/C20H19N7O2S/c28-19(25-20-24-15(11-30-20)16-2-1-9-29-16)14-3-6-26(7-4-14)17-10-18(23-12-22-17)27-8-5-21-13-27/h1-2,5,8-14H,3-4,6-7H2,(H,24,25,28). The number of carbonyl (C=O) groups is 1. The van der Waals surface area contributed by atoms with Gasteiger partial charge in [0.15, 0.2) is 10.9 Å². The van der Waals surface area contributed by atoms with Gasteiger partial charge in [0, 0.05) is 42.8 Å². The van der Waals surface area contributed by atoms with Crippen LogP contribution >= 0.6 is 11.3 Å². The van der Waals surface area contributed by atoms with Crippen LogP contribution in [0.2, 0.25) is 0 Å². The first-order chi connectivity index (χ1) is 14.8. The molecule has 30 heavy (non-hydrogen) atoms. The summed E-state index contributed by atoms with van der Waals surface area (Å²) in [4.78, 5) is 32.1. The Labute approximate surface area is 176 Å². The zero-order chi connectivity index (χ0) is 20.3. The van der Waals surface area contributed by atoms with Crippen LogP contribution in [0, 0.1) is 5.92 Å². The Hall–Kier alpha value is -3.53. The molecule has 0 spiro atoms. The minimum absolute atomic E-state index is 0.0109. The number of carbonyl (C=O) groups excluding carboxylic acids is 1. The molecule has 1 N–H and O–H groups in total. The highest BCUT2D eigenvalue weighted by molar-refractivity contribution is 7.14. The second kappa shape index (κ2) is 8.07. The predicted octanol–water partition coefficient (Wildman–Crippen LogP) is 3.23. The fourth-order valence-corrected chi connectivity index (χ4v) is 4.20. The lowest BCUT2D eigenvalue weighted by Crippen LogP contribution is -2.38. The van der Waals surface area contributed by atoms with Gasteiger partial charge >= 0.3 is 0 Å². The highest BCUT2D eigenvalue weighted by Gasteiger charge is 2.26. The van der Waals surface area contributed by atoms with E-state index in [1.165, 1.54) is 11.3 Å². The van der Waals surface area contributed by atoms with Crippen molar-refractivity contribution < 1.29 is 9.21 Å². The number of anilines is 2. The first-order valence-electron chi connectivity index (χ1n) is 9.62. The molecule has 152 valence electrons. The molecule has 0 bridgehead atoms. The molecule has 0 radical (unpaired) electrons. The van der Waals surface area contributed by atoms with E-state index in [9.17, 15) is 4.79 Å². The number of furan rings is 1. The zero-order valence-electron chi connectivity index (χ0n) is 16.0. The van der Waals surface area contributed by atoms with E-state index in [2.05, 4.69) is 30.2 Å². The predicted molar refractivity (Wildman–Crippen MR) is 113 cm³/mol. The largest absolute Gasteiger partial charge is 0.463 e. The summed E-state index contributed by atoms with van der Waals surface area (Å²) in [5.74, 6) is 2.29. The van der Waals surface area contributed by atoms with E-state index >= 15 is 0 Å². The van der Waals surface area contributed by atoms with Crippen LogP contribution in [0.4, 0.5) is 10.9 Å². The van der Waals surface area contributed by atoms with Gasteiger partial charge in [0.1, 0.15) is 30.0 Å². The fraction of sp³-hybridized carbons (Fsp3) is 0.250. The molecule has 1 aliphatic rings. The number of aromatic nitrogens is 5. The van der Waals surface area contributed by atoms with Gasteiger partial charge in [-0.3, -0.25) is 9.36 Å². The third-order valence-corrected chi connectivity index (χ3v) is 5.86. The number of nitrogens with zero attached hydrogens (tertiary/aromatic N) is 6. The number of nitrogens with one attached hydrogen (secondary N) is 1. The van der Waals surface area contributed by atoms with Gasteiger partial charge in [-0.15, -0.1) is 11.3 Å². The Morgan fingerprint density at radius 3 is 2.87 bits per heavy atom. The number of hydrogen-bond acceptors (Lipinski definition) is 8. The molecule has 0 aliphatic carbocycles. The van der Waals surface area contributed by atoms with E-state index in [1.54, 1.807) is 25.1 Å². The third-order valence-electron chi connectivity index (χ3n) is 5.10. The van der Waals surface area contributed by atoms with Crippen LogP contribution in [0.15, 0.2) is 59.3 Å². The van der Waals surface area contributed by atoms with Crippen LogP contribution in [0.1, 0.15) is 12.8 Å². The Kier molecular flexibility index (Phi) is 4.98. The van der Waals surface area contributed by atoms with Gasteiger partial charge in [0.2, 0.25) is 5.91 Å². The Bertz CT molecular complexity index is 1120. The van der Waals surface area contributed by atoms with Crippen molar-refractivity contribution in [2.24, 2.45) is 5.92 Å². The minimum atomic E-state index is -0.0489. The van der Waals surface area contributed by atoms with Gasteiger partial charge in [-0.2, -0.15) is 0 Å². The smallest absolute Gasteiger partial charge is 0.229 e. The molecular formula is C20H19N7O2S. The summed E-state index contributed by atoms with van der Waals surface area (Å²) in [6.07, 6.45) is 9.95. The second-order valence-electron chi connectivity index (χ2n) is 6.97. The van der Waals surface area contributed by atoms with Crippen molar-refractivity contribution in [3.05, 3.63) is 54.9 Å². The summed E-state index contributed by atoms with van der Waals surface area (Å²) in [5, 5.41) is 5.42. The van der Waals surface area contributed by atoms with Crippen molar-refractivity contribution in [3.63, 3.8) is 0 Å². The van der Waals surface area contributed by atoms with Crippen molar-refractivity contribution in [1.82, 2.24) is 24.5 Å². The Morgan fingerprint density at radius 1 is 1.23 bits per heavy atom. The Balaban J connectivity index is 1.19. The topological polar surface area (TPSA) is 102 Å². The SMILES string of the molecule is O=C(Nc1nc(-c2ccco2)cs1)C1CCN(c2cc(-n3ccnc3)ncn2)CC1. The molecule has 0 saturated carbocycles. The lowest BCUT2D eigenvalue weighted by atomic mass is 9.96. The molecule has 4 aromatic heterocycles. The highest BCUT2D eigenvalue weighted by atomic mass is 32.1. The molecule has 1 fully saturated rings. The molecule has 1 saturated heterocycles. The Morgan fingerprint density at radius 2 is 2.10 bits per heavy atom. The quantitative estimate of drug-likeness (QED) is 0.528. The van der Waals surface area contributed by atoms with E-state index in [4.69, 9.17) is 4.42 Å². The molecule has 0 aromatic carbocycles. The first-order valence-corrected chi connectivity index (χ1v) is 10.5. The maximum Gasteiger partial charge on any atom is 0.229 e. The lowest BCUT2D eigenvalue weighted by molar-refractivity contribution is -0.120. The fourth-order valence-electron chi connectivity index (χ4n) is 3.49. The molecule has 10 heteroatoms. The highest BCUT2D eigenvalue weighted by Crippen LogP contribution is 2.27. The number of amides is 1. The van der Waals surface area contributed by atoms with Gasteiger partial charge in [-0.25, -0.2) is 19.9 Å². The molecule has 1 amide bonds. The minimum Gasteiger partial charge on any atom is -0.463 e. The molecule has 0 unspecified atom stereocenters. The number of piperidine rings is 1. The van der Waals surface area contributed by atoms with Crippen LogP contribution in [0.5, 0.6) is 0 Å². The summed E-state index contributed by atoms with van der Waals surface area (Å²) >= 11 is 1.40. The maximum absolute atomic E-state index is 12.7.